The van der Waals surface area contributed by atoms with Gasteiger partial charge < -0.3 is 15.4 Å². The molecule has 0 fully saturated rings. The van der Waals surface area contributed by atoms with Gasteiger partial charge in [-0.3, -0.25) is 4.79 Å². The molecule has 0 aliphatic rings. The number of benzene rings is 1. The number of rotatable bonds is 6. The third-order valence-electron chi connectivity index (χ3n) is 2.77. The molecule has 1 rings (SSSR count). The van der Waals surface area contributed by atoms with E-state index >= 15 is 0 Å². The van der Waals surface area contributed by atoms with Gasteiger partial charge in [0.1, 0.15) is 5.75 Å². The van der Waals surface area contributed by atoms with E-state index < -0.39 is 0 Å². The maximum atomic E-state index is 11.7. The first kappa shape index (κ1) is 16.5. The van der Waals surface area contributed by atoms with Gasteiger partial charge >= 0.3 is 0 Å². The molecular weight excluding hydrogens is 252 g/mol. The molecule has 1 amide bonds. The van der Waals surface area contributed by atoms with Crippen molar-refractivity contribution >= 4 is 5.91 Å². The zero-order valence-electron chi connectivity index (χ0n) is 13.1. The van der Waals surface area contributed by atoms with E-state index in [0.717, 1.165) is 11.3 Å². The summed E-state index contributed by atoms with van der Waals surface area (Å²) in [5, 5.41) is 6.15. The molecule has 112 valence electrons. The van der Waals surface area contributed by atoms with Gasteiger partial charge in [-0.15, -0.1) is 0 Å². The smallest absolute Gasteiger partial charge is 0.234 e. The average molecular weight is 278 g/mol. The Morgan fingerprint density at radius 1 is 1.25 bits per heavy atom. The second kappa shape index (κ2) is 7.29. The molecule has 1 aromatic carbocycles. The molecule has 0 aliphatic heterocycles. The molecule has 2 N–H and O–H groups in total. The van der Waals surface area contributed by atoms with Gasteiger partial charge in [0, 0.05) is 11.6 Å². The highest BCUT2D eigenvalue weighted by molar-refractivity contribution is 5.78. The summed E-state index contributed by atoms with van der Waals surface area (Å²) in [5.74, 6) is 0.879. The first-order valence-corrected chi connectivity index (χ1v) is 7.09. The summed E-state index contributed by atoms with van der Waals surface area (Å²) >= 11 is 0. The lowest BCUT2D eigenvalue weighted by Gasteiger charge is -2.21. The molecule has 0 heterocycles. The Morgan fingerprint density at radius 2 is 1.85 bits per heavy atom. The van der Waals surface area contributed by atoms with Crippen LogP contribution in [-0.4, -0.2) is 24.6 Å². The van der Waals surface area contributed by atoms with Gasteiger partial charge in [-0.05, 0) is 52.3 Å². The fourth-order valence-corrected chi connectivity index (χ4v) is 1.85. The average Bonchev–Trinajstić information content (AvgIpc) is 2.35. The van der Waals surface area contributed by atoms with Crippen LogP contribution in [0.5, 0.6) is 5.75 Å². The van der Waals surface area contributed by atoms with Crippen LogP contribution in [0, 0.1) is 0 Å². The maximum Gasteiger partial charge on any atom is 0.234 e. The third kappa shape index (κ3) is 6.06. The topological polar surface area (TPSA) is 50.4 Å². The Labute approximate surface area is 121 Å². The molecule has 0 bridgehead atoms. The number of hydrogen-bond donors (Lipinski definition) is 2. The monoisotopic (exact) mass is 278 g/mol. The van der Waals surface area contributed by atoms with E-state index in [1.165, 1.54) is 0 Å². The zero-order valence-corrected chi connectivity index (χ0v) is 13.1. The van der Waals surface area contributed by atoms with Crippen LogP contribution >= 0.6 is 0 Å². The van der Waals surface area contributed by atoms with Gasteiger partial charge in [0.15, 0.2) is 0 Å². The summed E-state index contributed by atoms with van der Waals surface area (Å²) < 4.78 is 5.41. The second-order valence-corrected chi connectivity index (χ2v) is 5.90. The first-order valence-electron chi connectivity index (χ1n) is 7.09. The summed E-state index contributed by atoms with van der Waals surface area (Å²) in [6.45, 7) is 10.9. The Bertz CT molecular complexity index is 421. The quantitative estimate of drug-likeness (QED) is 0.841. The molecule has 4 nitrogen and oxygen atoms in total. The Morgan fingerprint density at radius 3 is 2.35 bits per heavy atom. The van der Waals surface area contributed by atoms with Gasteiger partial charge in [0.05, 0.1) is 13.2 Å². The van der Waals surface area contributed by atoms with Crippen molar-refractivity contribution in [1.29, 1.82) is 0 Å². The van der Waals surface area contributed by atoms with Crippen LogP contribution in [0.1, 0.15) is 46.2 Å². The van der Waals surface area contributed by atoms with Crippen LogP contribution in [0.2, 0.25) is 0 Å². The molecule has 4 heteroatoms. The minimum absolute atomic E-state index is 0.00952. The molecule has 0 aromatic heterocycles. The van der Waals surface area contributed by atoms with Crippen molar-refractivity contribution in [2.45, 2.75) is 46.2 Å². The molecule has 1 aromatic rings. The fourth-order valence-electron chi connectivity index (χ4n) is 1.85. The number of carbonyl (C=O) groups excluding carboxylic acids is 1. The van der Waals surface area contributed by atoms with Crippen molar-refractivity contribution in [3.8, 4) is 5.75 Å². The Hall–Kier alpha value is -1.55. The van der Waals surface area contributed by atoms with Crippen molar-refractivity contribution in [2.75, 3.05) is 13.2 Å². The highest BCUT2D eigenvalue weighted by Gasteiger charge is 2.14. The van der Waals surface area contributed by atoms with Gasteiger partial charge in [-0.2, -0.15) is 0 Å². The molecule has 0 aliphatic carbocycles. The van der Waals surface area contributed by atoms with E-state index in [9.17, 15) is 4.79 Å². The van der Waals surface area contributed by atoms with E-state index in [-0.39, 0.29) is 17.5 Å². The molecule has 0 radical (unpaired) electrons. The van der Waals surface area contributed by atoms with Crippen LogP contribution < -0.4 is 15.4 Å². The zero-order chi connectivity index (χ0) is 15.2. The number of hydrogen-bond acceptors (Lipinski definition) is 3. The summed E-state index contributed by atoms with van der Waals surface area (Å²) in [6, 6.07) is 8.06. The van der Waals surface area contributed by atoms with Gasteiger partial charge in [0.25, 0.3) is 0 Å². The Balaban J connectivity index is 2.46. The van der Waals surface area contributed by atoms with E-state index in [1.807, 2.05) is 58.9 Å². The third-order valence-corrected chi connectivity index (χ3v) is 2.77. The second-order valence-electron chi connectivity index (χ2n) is 5.90. The number of amides is 1. The number of nitrogens with one attached hydrogen (secondary N) is 2. The molecule has 1 unspecified atom stereocenters. The lowest BCUT2D eigenvalue weighted by atomic mass is 10.1. The van der Waals surface area contributed by atoms with Crippen LogP contribution in [0.25, 0.3) is 0 Å². The standard InChI is InChI=1S/C16H26N2O2/c1-6-20-14-9-7-13(8-10-14)12(2)17-11-15(19)18-16(3,4)5/h7-10,12,17H,6,11H2,1-5H3,(H,18,19). The number of ether oxygens (including phenoxy) is 1. The van der Waals surface area contributed by atoms with E-state index in [4.69, 9.17) is 4.74 Å². The van der Waals surface area contributed by atoms with Crippen LogP contribution in [0.15, 0.2) is 24.3 Å². The van der Waals surface area contributed by atoms with E-state index in [2.05, 4.69) is 10.6 Å². The molecule has 20 heavy (non-hydrogen) atoms. The molecule has 1 atom stereocenters. The predicted octanol–water partition coefficient (Wildman–Crippen LogP) is 2.65. The fraction of sp³-hybridized carbons (Fsp3) is 0.562. The van der Waals surface area contributed by atoms with Crippen LogP contribution in [0.3, 0.4) is 0 Å². The summed E-state index contributed by atoms with van der Waals surface area (Å²) in [4.78, 5) is 11.7. The van der Waals surface area contributed by atoms with Gasteiger partial charge in [-0.25, -0.2) is 0 Å². The van der Waals surface area contributed by atoms with Crippen molar-refractivity contribution in [3.05, 3.63) is 29.8 Å². The SMILES string of the molecule is CCOc1ccc(C(C)NCC(=O)NC(C)(C)C)cc1. The molecule has 0 saturated heterocycles. The maximum absolute atomic E-state index is 11.7. The van der Waals surface area contributed by atoms with Crippen molar-refractivity contribution in [2.24, 2.45) is 0 Å². The largest absolute Gasteiger partial charge is 0.494 e. The lowest BCUT2D eigenvalue weighted by Crippen LogP contribution is -2.45. The van der Waals surface area contributed by atoms with Crippen molar-refractivity contribution < 1.29 is 9.53 Å². The lowest BCUT2D eigenvalue weighted by molar-refractivity contribution is -0.121. The molecular formula is C16H26N2O2. The van der Waals surface area contributed by atoms with Crippen LogP contribution in [-0.2, 0) is 4.79 Å². The molecule has 0 spiro atoms. The normalized spacial score (nSPS) is 12.8. The van der Waals surface area contributed by atoms with E-state index in [0.29, 0.717) is 13.2 Å². The van der Waals surface area contributed by atoms with Gasteiger partial charge in [0.2, 0.25) is 5.91 Å². The van der Waals surface area contributed by atoms with E-state index in [1.54, 1.807) is 0 Å². The van der Waals surface area contributed by atoms with Gasteiger partial charge in [-0.1, -0.05) is 12.1 Å². The minimum atomic E-state index is -0.193. The minimum Gasteiger partial charge on any atom is -0.494 e. The Kier molecular flexibility index (Phi) is 6.02. The summed E-state index contributed by atoms with van der Waals surface area (Å²) in [6.07, 6.45) is 0. The van der Waals surface area contributed by atoms with Crippen LogP contribution in [0.4, 0.5) is 0 Å². The summed E-state index contributed by atoms with van der Waals surface area (Å²) in [7, 11) is 0. The first-order chi connectivity index (χ1) is 9.31. The predicted molar refractivity (Wildman–Crippen MR) is 81.9 cm³/mol. The highest BCUT2D eigenvalue weighted by Crippen LogP contribution is 2.17. The summed E-state index contributed by atoms with van der Waals surface area (Å²) in [5.41, 5.74) is 0.943. The van der Waals surface area contributed by atoms with Crippen molar-refractivity contribution in [1.82, 2.24) is 10.6 Å². The highest BCUT2D eigenvalue weighted by atomic mass is 16.5. The molecule has 0 saturated carbocycles. The van der Waals surface area contributed by atoms with Crippen molar-refractivity contribution in [3.63, 3.8) is 0 Å². The number of carbonyl (C=O) groups is 1.